The standard InChI is InChI=1S/C19H24N2O4S/c1-3-25-18(23)12-21-15-9-8-14(24-2)11-16(15)26-19(21)20-17(22)10-13-6-4-5-7-13/h8-9,11,13H,3-7,10,12H2,1-2H3. The minimum absolute atomic E-state index is 0.0374. The number of methoxy groups -OCH3 is 1. The van der Waals surface area contributed by atoms with E-state index in [-0.39, 0.29) is 18.4 Å². The molecular weight excluding hydrogens is 352 g/mol. The lowest BCUT2D eigenvalue weighted by molar-refractivity contribution is -0.143. The molecule has 7 heteroatoms. The Hall–Kier alpha value is -2.15. The molecule has 26 heavy (non-hydrogen) atoms. The van der Waals surface area contributed by atoms with Gasteiger partial charge in [-0.15, -0.1) is 0 Å². The largest absolute Gasteiger partial charge is 0.497 e. The fourth-order valence-corrected chi connectivity index (χ4v) is 4.44. The van der Waals surface area contributed by atoms with Gasteiger partial charge in [0.2, 0.25) is 5.91 Å². The molecule has 0 bridgehead atoms. The van der Waals surface area contributed by atoms with Gasteiger partial charge in [0.1, 0.15) is 12.3 Å². The fraction of sp³-hybridized carbons (Fsp3) is 0.526. The first-order valence-corrected chi connectivity index (χ1v) is 9.83. The third kappa shape index (κ3) is 4.33. The maximum absolute atomic E-state index is 12.4. The molecule has 1 amide bonds. The van der Waals surface area contributed by atoms with Gasteiger partial charge in [-0.1, -0.05) is 24.2 Å². The van der Waals surface area contributed by atoms with Gasteiger partial charge in [0.15, 0.2) is 4.80 Å². The van der Waals surface area contributed by atoms with E-state index in [4.69, 9.17) is 9.47 Å². The van der Waals surface area contributed by atoms with Crippen molar-refractivity contribution in [1.82, 2.24) is 4.57 Å². The smallest absolute Gasteiger partial charge is 0.326 e. The molecule has 0 saturated heterocycles. The number of carbonyl (C=O) groups excluding carboxylic acids is 2. The average molecular weight is 376 g/mol. The summed E-state index contributed by atoms with van der Waals surface area (Å²) < 4.78 is 13.0. The molecule has 0 aliphatic heterocycles. The first kappa shape index (κ1) is 18.6. The number of benzene rings is 1. The lowest BCUT2D eigenvalue weighted by Crippen LogP contribution is -2.23. The van der Waals surface area contributed by atoms with Gasteiger partial charge in [-0.3, -0.25) is 9.59 Å². The van der Waals surface area contributed by atoms with E-state index in [9.17, 15) is 9.59 Å². The highest BCUT2D eigenvalue weighted by Crippen LogP contribution is 2.28. The second kappa shape index (κ2) is 8.49. The summed E-state index contributed by atoms with van der Waals surface area (Å²) in [5.41, 5.74) is 0.844. The predicted molar refractivity (Wildman–Crippen MR) is 100 cm³/mol. The third-order valence-electron chi connectivity index (χ3n) is 4.64. The molecule has 1 aromatic heterocycles. The Morgan fingerprint density at radius 3 is 2.77 bits per heavy atom. The number of esters is 1. The number of thiazole rings is 1. The van der Waals surface area contributed by atoms with Gasteiger partial charge in [-0.05, 0) is 43.9 Å². The number of nitrogens with zero attached hydrogens (tertiary/aromatic N) is 2. The fourth-order valence-electron chi connectivity index (χ4n) is 3.37. The van der Waals surface area contributed by atoms with Crippen molar-refractivity contribution in [3.8, 4) is 5.75 Å². The second-order valence-electron chi connectivity index (χ2n) is 6.47. The van der Waals surface area contributed by atoms with E-state index in [1.807, 2.05) is 18.2 Å². The minimum Gasteiger partial charge on any atom is -0.497 e. The maximum Gasteiger partial charge on any atom is 0.326 e. The van der Waals surface area contributed by atoms with E-state index in [0.717, 1.165) is 28.8 Å². The molecule has 0 atom stereocenters. The molecule has 1 aliphatic rings. The Bertz CT molecular complexity index is 862. The molecule has 2 aromatic rings. The summed E-state index contributed by atoms with van der Waals surface area (Å²) in [7, 11) is 1.61. The zero-order chi connectivity index (χ0) is 18.5. The molecule has 0 radical (unpaired) electrons. The van der Waals surface area contributed by atoms with Crippen LogP contribution in [0.2, 0.25) is 0 Å². The van der Waals surface area contributed by atoms with Crippen LogP contribution in [-0.4, -0.2) is 30.2 Å². The van der Waals surface area contributed by atoms with E-state index < -0.39 is 0 Å². The Balaban J connectivity index is 1.96. The quantitative estimate of drug-likeness (QED) is 0.726. The summed E-state index contributed by atoms with van der Waals surface area (Å²) in [5, 5.41) is 0. The van der Waals surface area contributed by atoms with Gasteiger partial charge >= 0.3 is 5.97 Å². The Morgan fingerprint density at radius 1 is 1.31 bits per heavy atom. The van der Waals surface area contributed by atoms with Crippen molar-refractivity contribution < 1.29 is 19.1 Å². The van der Waals surface area contributed by atoms with E-state index in [1.54, 1.807) is 18.6 Å². The van der Waals surface area contributed by atoms with Gasteiger partial charge in [0, 0.05) is 6.42 Å². The number of rotatable bonds is 6. The van der Waals surface area contributed by atoms with Crippen LogP contribution < -0.4 is 9.54 Å². The summed E-state index contributed by atoms with van der Waals surface area (Å²) in [4.78, 5) is 29.3. The third-order valence-corrected chi connectivity index (χ3v) is 5.68. The van der Waals surface area contributed by atoms with Crippen LogP contribution >= 0.6 is 11.3 Å². The normalized spacial score (nSPS) is 15.5. The molecule has 0 unspecified atom stereocenters. The molecule has 3 rings (SSSR count). The molecule has 0 spiro atoms. The van der Waals surface area contributed by atoms with Gasteiger partial charge < -0.3 is 14.0 Å². The molecule has 1 aromatic carbocycles. The monoisotopic (exact) mass is 376 g/mol. The van der Waals surface area contributed by atoms with Crippen molar-refractivity contribution in [3.05, 3.63) is 23.0 Å². The van der Waals surface area contributed by atoms with Gasteiger partial charge in [0.25, 0.3) is 0 Å². The van der Waals surface area contributed by atoms with E-state index in [2.05, 4.69) is 4.99 Å². The number of hydrogen-bond acceptors (Lipinski definition) is 5. The first-order chi connectivity index (χ1) is 12.6. The lowest BCUT2D eigenvalue weighted by Gasteiger charge is -2.06. The van der Waals surface area contributed by atoms with Crippen LogP contribution in [0.3, 0.4) is 0 Å². The zero-order valence-electron chi connectivity index (χ0n) is 15.2. The highest BCUT2D eigenvalue weighted by molar-refractivity contribution is 7.16. The average Bonchev–Trinajstić information content (AvgIpc) is 3.23. The highest BCUT2D eigenvalue weighted by Gasteiger charge is 2.19. The lowest BCUT2D eigenvalue weighted by atomic mass is 10.0. The Labute approximate surface area is 156 Å². The van der Waals surface area contributed by atoms with Crippen LogP contribution in [-0.2, 0) is 20.9 Å². The molecular formula is C19H24N2O4S. The number of hydrogen-bond donors (Lipinski definition) is 0. The van der Waals surface area contributed by atoms with Crippen molar-refractivity contribution in [3.63, 3.8) is 0 Å². The second-order valence-corrected chi connectivity index (χ2v) is 7.48. The summed E-state index contributed by atoms with van der Waals surface area (Å²) in [6.07, 6.45) is 5.09. The predicted octanol–water partition coefficient (Wildman–Crippen LogP) is 3.28. The number of aromatic nitrogens is 1. The molecule has 1 saturated carbocycles. The summed E-state index contributed by atoms with van der Waals surface area (Å²) in [6.45, 7) is 2.13. The Kier molecular flexibility index (Phi) is 6.08. The van der Waals surface area contributed by atoms with Crippen LogP contribution in [0.15, 0.2) is 23.2 Å². The highest BCUT2D eigenvalue weighted by atomic mass is 32.1. The summed E-state index contributed by atoms with van der Waals surface area (Å²) >= 11 is 1.39. The molecule has 140 valence electrons. The van der Waals surface area contributed by atoms with Crippen LogP contribution in [0.1, 0.15) is 39.0 Å². The van der Waals surface area contributed by atoms with Crippen molar-refractivity contribution >= 4 is 33.4 Å². The van der Waals surface area contributed by atoms with Crippen molar-refractivity contribution in [2.24, 2.45) is 10.9 Å². The Morgan fingerprint density at radius 2 is 2.08 bits per heavy atom. The number of fused-ring (bicyclic) bond motifs is 1. The minimum atomic E-state index is -0.340. The first-order valence-electron chi connectivity index (χ1n) is 9.01. The van der Waals surface area contributed by atoms with Gasteiger partial charge in [-0.25, -0.2) is 0 Å². The van der Waals surface area contributed by atoms with E-state index in [0.29, 0.717) is 23.7 Å². The number of amides is 1. The van der Waals surface area contributed by atoms with Crippen LogP contribution in [0.5, 0.6) is 5.75 Å². The van der Waals surface area contributed by atoms with E-state index >= 15 is 0 Å². The topological polar surface area (TPSA) is 69.9 Å². The molecule has 1 aliphatic carbocycles. The molecule has 6 nitrogen and oxygen atoms in total. The summed E-state index contributed by atoms with van der Waals surface area (Å²) in [5.74, 6) is 0.714. The van der Waals surface area contributed by atoms with Crippen molar-refractivity contribution in [1.29, 1.82) is 0 Å². The molecule has 1 fully saturated rings. The molecule has 0 N–H and O–H groups in total. The SMILES string of the molecule is CCOC(=O)Cn1c(=NC(=O)CC2CCCC2)sc2cc(OC)ccc21. The van der Waals surface area contributed by atoms with E-state index in [1.165, 1.54) is 24.2 Å². The molecule has 1 heterocycles. The van der Waals surface area contributed by atoms with Crippen molar-refractivity contribution in [2.75, 3.05) is 13.7 Å². The maximum atomic E-state index is 12.4. The van der Waals surface area contributed by atoms with Crippen LogP contribution in [0.4, 0.5) is 0 Å². The van der Waals surface area contributed by atoms with Crippen LogP contribution in [0.25, 0.3) is 10.2 Å². The van der Waals surface area contributed by atoms with Gasteiger partial charge in [-0.2, -0.15) is 4.99 Å². The number of carbonyl (C=O) groups is 2. The summed E-state index contributed by atoms with van der Waals surface area (Å²) in [6, 6.07) is 5.60. The van der Waals surface area contributed by atoms with Crippen LogP contribution in [0, 0.1) is 5.92 Å². The number of ether oxygens (including phenoxy) is 2. The zero-order valence-corrected chi connectivity index (χ0v) is 16.0. The van der Waals surface area contributed by atoms with Crippen molar-refractivity contribution in [2.45, 2.75) is 45.6 Å². The van der Waals surface area contributed by atoms with Gasteiger partial charge in [0.05, 0.1) is 23.9 Å².